The molecule has 1 amide bonds. The average molecular weight is 357 g/mol. The Labute approximate surface area is 141 Å². The summed E-state index contributed by atoms with van der Waals surface area (Å²) in [5.74, 6) is -0.311. The molecule has 0 bridgehead atoms. The minimum atomic E-state index is -0.311. The van der Waals surface area contributed by atoms with Gasteiger partial charge in [-0.05, 0) is 47.9 Å². The predicted octanol–water partition coefficient (Wildman–Crippen LogP) is 4.58. The van der Waals surface area contributed by atoms with Crippen LogP contribution in [0.25, 0.3) is 6.08 Å². The first-order valence-corrected chi connectivity index (χ1v) is 7.87. The van der Waals surface area contributed by atoms with Gasteiger partial charge in [0, 0.05) is 26.7 Å². The van der Waals surface area contributed by atoms with Crippen LogP contribution in [0.2, 0.25) is 10.0 Å². The Bertz CT molecular complexity index is 664. The summed E-state index contributed by atoms with van der Waals surface area (Å²) >= 11 is 18.4. The first-order valence-electron chi connectivity index (χ1n) is 5.82. The molecular formula is C14H10Cl2N2OS2. The van der Waals surface area contributed by atoms with E-state index in [0.29, 0.717) is 15.7 Å². The number of rotatable bonds is 3. The smallest absolute Gasteiger partial charge is 0.250 e. The Morgan fingerprint density at radius 3 is 2.57 bits per heavy atom. The number of amides is 1. The lowest BCUT2D eigenvalue weighted by Crippen LogP contribution is -2.32. The number of carbonyl (C=O) groups excluding carboxylic acids is 1. The Morgan fingerprint density at radius 1 is 1.24 bits per heavy atom. The summed E-state index contributed by atoms with van der Waals surface area (Å²) in [6.45, 7) is 0. The van der Waals surface area contributed by atoms with Crippen molar-refractivity contribution in [2.75, 3.05) is 5.32 Å². The number of nitrogens with one attached hydrogen (secondary N) is 2. The molecule has 1 aromatic heterocycles. The van der Waals surface area contributed by atoms with Crippen molar-refractivity contribution in [1.82, 2.24) is 5.32 Å². The van der Waals surface area contributed by atoms with Crippen molar-refractivity contribution >= 4 is 69.5 Å². The second-order valence-corrected chi connectivity index (χ2v) is 6.21. The molecule has 0 aliphatic rings. The molecule has 21 heavy (non-hydrogen) atoms. The van der Waals surface area contributed by atoms with Crippen molar-refractivity contribution in [3.05, 3.63) is 56.7 Å². The van der Waals surface area contributed by atoms with Gasteiger partial charge < -0.3 is 5.32 Å². The fourth-order valence-corrected chi connectivity index (χ4v) is 2.85. The molecule has 2 aromatic rings. The van der Waals surface area contributed by atoms with Crippen molar-refractivity contribution in [3.8, 4) is 0 Å². The molecule has 0 fully saturated rings. The highest BCUT2D eigenvalue weighted by molar-refractivity contribution is 7.80. The lowest BCUT2D eigenvalue weighted by atomic mass is 10.3. The largest absolute Gasteiger partial charge is 0.332 e. The summed E-state index contributed by atoms with van der Waals surface area (Å²) < 4.78 is 0. The Morgan fingerprint density at radius 2 is 1.95 bits per heavy atom. The molecular weight excluding hydrogens is 347 g/mol. The molecule has 0 saturated carbocycles. The summed E-state index contributed by atoms with van der Waals surface area (Å²) in [7, 11) is 0. The zero-order chi connectivity index (χ0) is 15.2. The molecule has 0 spiro atoms. The maximum absolute atomic E-state index is 11.7. The molecule has 0 aliphatic carbocycles. The maximum atomic E-state index is 11.7. The topological polar surface area (TPSA) is 41.1 Å². The van der Waals surface area contributed by atoms with E-state index in [9.17, 15) is 4.79 Å². The highest BCUT2D eigenvalue weighted by atomic mass is 35.5. The lowest BCUT2D eigenvalue weighted by Gasteiger charge is -2.08. The van der Waals surface area contributed by atoms with Crippen LogP contribution in [-0.4, -0.2) is 11.0 Å². The Balaban J connectivity index is 1.90. The summed E-state index contributed by atoms with van der Waals surface area (Å²) in [5, 5.41) is 8.47. The molecule has 108 valence electrons. The molecule has 0 unspecified atom stereocenters. The standard InChI is InChI=1S/C14H10Cl2N2OS2/c15-9-6-10(16)8-11(7-9)17-14(20)18-13(19)4-3-12-2-1-5-21-12/h1-8H,(H2,17,18,19,20). The lowest BCUT2D eigenvalue weighted by molar-refractivity contribution is -0.115. The summed E-state index contributed by atoms with van der Waals surface area (Å²) in [6, 6.07) is 8.76. The Kier molecular flexibility index (Phi) is 5.76. The van der Waals surface area contributed by atoms with Crippen molar-refractivity contribution in [2.45, 2.75) is 0 Å². The number of benzene rings is 1. The van der Waals surface area contributed by atoms with Gasteiger partial charge in [0.05, 0.1) is 0 Å². The van der Waals surface area contributed by atoms with Crippen LogP contribution in [0.5, 0.6) is 0 Å². The third-order valence-corrected chi connectivity index (χ3v) is 3.78. The average Bonchev–Trinajstić information content (AvgIpc) is 2.87. The minimum absolute atomic E-state index is 0.175. The van der Waals surface area contributed by atoms with Crippen molar-refractivity contribution in [2.24, 2.45) is 0 Å². The van der Waals surface area contributed by atoms with Crippen LogP contribution in [0.3, 0.4) is 0 Å². The zero-order valence-electron chi connectivity index (χ0n) is 10.6. The first-order chi connectivity index (χ1) is 10.0. The zero-order valence-corrected chi connectivity index (χ0v) is 13.7. The molecule has 0 aliphatic heterocycles. The number of carbonyl (C=O) groups is 1. The molecule has 7 heteroatoms. The van der Waals surface area contributed by atoms with Gasteiger partial charge in [0.2, 0.25) is 5.91 Å². The van der Waals surface area contributed by atoms with Crippen LogP contribution < -0.4 is 10.6 Å². The van der Waals surface area contributed by atoms with Crippen molar-refractivity contribution in [1.29, 1.82) is 0 Å². The molecule has 1 heterocycles. The maximum Gasteiger partial charge on any atom is 0.250 e. The number of hydrogen-bond donors (Lipinski definition) is 2. The van der Waals surface area contributed by atoms with Crippen LogP contribution in [0.1, 0.15) is 4.88 Å². The summed E-state index contributed by atoms with van der Waals surface area (Å²) in [6.07, 6.45) is 3.14. The van der Waals surface area contributed by atoms with Gasteiger partial charge in [-0.25, -0.2) is 0 Å². The molecule has 0 atom stereocenters. The van der Waals surface area contributed by atoms with E-state index in [1.54, 1.807) is 35.6 Å². The molecule has 0 radical (unpaired) electrons. The SMILES string of the molecule is O=C(C=Cc1cccs1)NC(=S)Nc1cc(Cl)cc(Cl)c1. The van der Waals surface area contributed by atoms with E-state index in [4.69, 9.17) is 35.4 Å². The third-order valence-electron chi connectivity index (χ3n) is 2.30. The van der Waals surface area contributed by atoms with Gasteiger partial charge in [-0.2, -0.15) is 0 Å². The quantitative estimate of drug-likeness (QED) is 0.624. The van der Waals surface area contributed by atoms with Gasteiger partial charge in [0.1, 0.15) is 0 Å². The molecule has 2 N–H and O–H groups in total. The van der Waals surface area contributed by atoms with E-state index in [-0.39, 0.29) is 11.0 Å². The van der Waals surface area contributed by atoms with Crippen LogP contribution in [0.4, 0.5) is 5.69 Å². The third kappa shape index (κ3) is 5.47. The summed E-state index contributed by atoms with van der Waals surface area (Å²) in [5.41, 5.74) is 0.611. The van der Waals surface area contributed by atoms with Gasteiger partial charge in [-0.15, -0.1) is 11.3 Å². The Hall–Kier alpha value is -1.40. The van der Waals surface area contributed by atoms with Crippen LogP contribution in [0.15, 0.2) is 41.8 Å². The summed E-state index contributed by atoms with van der Waals surface area (Å²) in [4.78, 5) is 12.7. The van der Waals surface area contributed by atoms with E-state index in [2.05, 4.69) is 10.6 Å². The molecule has 2 rings (SSSR count). The fourth-order valence-electron chi connectivity index (χ4n) is 1.49. The number of anilines is 1. The van der Waals surface area contributed by atoms with Gasteiger partial charge in [0.15, 0.2) is 5.11 Å². The predicted molar refractivity (Wildman–Crippen MR) is 94.2 cm³/mol. The second-order valence-electron chi connectivity index (χ2n) is 3.95. The molecule has 1 aromatic carbocycles. The van der Waals surface area contributed by atoms with Crippen LogP contribution in [0, 0.1) is 0 Å². The van der Waals surface area contributed by atoms with E-state index in [1.807, 2.05) is 17.5 Å². The minimum Gasteiger partial charge on any atom is -0.332 e. The number of thiophene rings is 1. The number of thiocarbonyl (C=S) groups is 1. The van der Waals surface area contributed by atoms with Gasteiger partial charge in [-0.3, -0.25) is 10.1 Å². The monoisotopic (exact) mass is 356 g/mol. The molecule has 0 saturated heterocycles. The molecule has 3 nitrogen and oxygen atoms in total. The van der Waals surface area contributed by atoms with Gasteiger partial charge >= 0.3 is 0 Å². The van der Waals surface area contributed by atoms with Crippen molar-refractivity contribution in [3.63, 3.8) is 0 Å². The van der Waals surface area contributed by atoms with E-state index < -0.39 is 0 Å². The van der Waals surface area contributed by atoms with E-state index in [0.717, 1.165) is 4.88 Å². The van der Waals surface area contributed by atoms with Gasteiger partial charge in [0.25, 0.3) is 0 Å². The van der Waals surface area contributed by atoms with Crippen LogP contribution in [-0.2, 0) is 4.79 Å². The van der Waals surface area contributed by atoms with E-state index >= 15 is 0 Å². The van der Waals surface area contributed by atoms with Crippen molar-refractivity contribution < 1.29 is 4.79 Å². The highest BCUT2D eigenvalue weighted by Crippen LogP contribution is 2.22. The normalized spacial score (nSPS) is 10.6. The number of halogens is 2. The first kappa shape index (κ1) is 16.0. The van der Waals surface area contributed by atoms with E-state index in [1.165, 1.54) is 6.08 Å². The highest BCUT2D eigenvalue weighted by Gasteiger charge is 2.03. The van der Waals surface area contributed by atoms with Crippen LogP contribution >= 0.6 is 46.8 Å². The second kappa shape index (κ2) is 7.56. The van der Waals surface area contributed by atoms with Gasteiger partial charge in [-0.1, -0.05) is 29.3 Å². The number of hydrogen-bond acceptors (Lipinski definition) is 3. The fraction of sp³-hybridized carbons (Fsp3) is 0.